The van der Waals surface area contributed by atoms with E-state index >= 15 is 0 Å². The third kappa shape index (κ3) is 6.57. The van der Waals surface area contributed by atoms with Crippen LogP contribution in [-0.4, -0.2) is 48.7 Å². The van der Waals surface area contributed by atoms with Crippen LogP contribution in [0.1, 0.15) is 78.2 Å². The van der Waals surface area contributed by atoms with Crippen molar-refractivity contribution in [1.29, 1.82) is 0 Å². The summed E-state index contributed by atoms with van der Waals surface area (Å²) in [7, 11) is 2.02. The van der Waals surface area contributed by atoms with E-state index in [0.29, 0.717) is 17.1 Å². The van der Waals surface area contributed by atoms with Crippen molar-refractivity contribution in [3.05, 3.63) is 74.8 Å². The van der Waals surface area contributed by atoms with Crippen LogP contribution in [0.4, 0.5) is 4.79 Å². The van der Waals surface area contributed by atoms with Crippen molar-refractivity contribution >= 4 is 29.1 Å². The summed E-state index contributed by atoms with van der Waals surface area (Å²) in [6.45, 7) is 14.9. The lowest BCUT2D eigenvalue weighted by Crippen LogP contribution is -2.44. The van der Waals surface area contributed by atoms with Gasteiger partial charge in [-0.05, 0) is 114 Å². The molecule has 0 unspecified atom stereocenters. The fourth-order valence-corrected chi connectivity index (χ4v) is 5.48. The number of allylic oxidation sites excluding steroid dienone is 2. The van der Waals surface area contributed by atoms with Gasteiger partial charge in [0, 0.05) is 23.0 Å². The van der Waals surface area contributed by atoms with Crippen LogP contribution in [0.25, 0.3) is 5.57 Å². The Balaban J connectivity index is 2.00. The quantitative estimate of drug-likeness (QED) is 0.239. The number of carbonyl (C=O) groups excluding carboxylic acids is 2. The average molecular weight is 512 g/mol. The number of aryl methyl sites for hydroxylation is 2. The molecule has 1 saturated heterocycles. The van der Waals surface area contributed by atoms with Gasteiger partial charge < -0.3 is 14.4 Å². The minimum Gasteiger partial charge on any atom is -0.429 e. The first kappa shape index (κ1) is 27.9. The maximum absolute atomic E-state index is 13.6. The Morgan fingerprint density at radius 1 is 1.11 bits per heavy atom. The number of carbonyl (C=O) groups is 2. The summed E-state index contributed by atoms with van der Waals surface area (Å²) in [4.78, 5) is 28.3. The molecule has 1 fully saturated rings. The lowest BCUT2D eigenvalue weighted by atomic mass is 9.79. The van der Waals surface area contributed by atoms with Crippen molar-refractivity contribution in [1.82, 2.24) is 4.90 Å². The van der Waals surface area contributed by atoms with E-state index in [1.165, 1.54) is 0 Å². The Labute approximate surface area is 220 Å². The number of hydrogen-bond acceptors (Lipinski definition) is 5. The van der Waals surface area contributed by atoms with Crippen LogP contribution in [0, 0.1) is 20.8 Å². The van der Waals surface area contributed by atoms with E-state index in [2.05, 4.69) is 17.9 Å². The van der Waals surface area contributed by atoms with E-state index in [1.807, 2.05) is 72.9 Å². The lowest BCUT2D eigenvalue weighted by molar-refractivity contribution is -0.0460. The maximum Gasteiger partial charge on any atom is 0.509 e. The van der Waals surface area contributed by atoms with Crippen LogP contribution >= 0.6 is 11.6 Å². The standard InChI is InChI=1S/C30H38ClNO4/c1-18(22-11-9-10-12-24(22)31)16-25(33)28-20(3)15-19(2)27(21(28)4)23-13-14-32(8)17-26(23)35-29(34)36-30(5,6)7/h9-12,15-16,23,26H,13-14,17H2,1-8H3/b18-16+/t23-,26+/m0/s1. The maximum atomic E-state index is 13.6. The first-order valence-electron chi connectivity index (χ1n) is 12.4. The Morgan fingerprint density at radius 3 is 2.42 bits per heavy atom. The van der Waals surface area contributed by atoms with Crippen molar-refractivity contribution in [2.45, 2.75) is 72.5 Å². The van der Waals surface area contributed by atoms with Crippen LogP contribution in [0.15, 0.2) is 36.4 Å². The van der Waals surface area contributed by atoms with Gasteiger partial charge in [0.1, 0.15) is 11.7 Å². The molecule has 194 valence electrons. The number of likely N-dealkylation sites (N-methyl/N-ethyl adjacent to an activating group) is 1. The molecule has 36 heavy (non-hydrogen) atoms. The predicted octanol–water partition coefficient (Wildman–Crippen LogP) is 7.29. The zero-order chi connectivity index (χ0) is 26.8. The highest BCUT2D eigenvalue weighted by Gasteiger charge is 2.36. The highest BCUT2D eigenvalue weighted by Crippen LogP contribution is 2.37. The van der Waals surface area contributed by atoms with E-state index in [-0.39, 0.29) is 17.8 Å². The van der Waals surface area contributed by atoms with Crippen molar-refractivity contribution < 1.29 is 19.1 Å². The minimum atomic E-state index is -0.662. The summed E-state index contributed by atoms with van der Waals surface area (Å²) < 4.78 is 11.3. The van der Waals surface area contributed by atoms with E-state index in [1.54, 1.807) is 6.08 Å². The minimum absolute atomic E-state index is 0.0329. The fraction of sp³-hybridized carbons (Fsp3) is 0.467. The second kappa shape index (κ2) is 11.2. The van der Waals surface area contributed by atoms with Gasteiger partial charge in [-0.25, -0.2) is 4.79 Å². The summed E-state index contributed by atoms with van der Waals surface area (Å²) >= 11 is 6.36. The normalized spacial score (nSPS) is 19.2. The third-order valence-corrected chi connectivity index (χ3v) is 7.02. The molecule has 1 heterocycles. The molecule has 0 N–H and O–H groups in total. The first-order valence-corrected chi connectivity index (χ1v) is 12.8. The Kier molecular flexibility index (Phi) is 8.68. The topological polar surface area (TPSA) is 55.8 Å². The molecule has 0 amide bonds. The van der Waals surface area contributed by atoms with Crippen molar-refractivity contribution in [3.63, 3.8) is 0 Å². The zero-order valence-electron chi connectivity index (χ0n) is 22.7. The number of benzene rings is 2. The van der Waals surface area contributed by atoms with Gasteiger partial charge in [0.15, 0.2) is 5.78 Å². The van der Waals surface area contributed by atoms with Crippen molar-refractivity contribution in [3.8, 4) is 0 Å². The largest absolute Gasteiger partial charge is 0.509 e. The molecule has 3 rings (SSSR count). The number of ether oxygens (including phenoxy) is 2. The lowest BCUT2D eigenvalue weighted by Gasteiger charge is -2.38. The summed E-state index contributed by atoms with van der Waals surface area (Å²) in [6, 6.07) is 9.59. The monoisotopic (exact) mass is 511 g/mol. The van der Waals surface area contributed by atoms with Gasteiger partial charge in [0.2, 0.25) is 0 Å². The molecule has 0 aromatic heterocycles. The van der Waals surface area contributed by atoms with Gasteiger partial charge >= 0.3 is 6.16 Å². The second-order valence-corrected chi connectivity index (χ2v) is 11.3. The van der Waals surface area contributed by atoms with Gasteiger partial charge in [-0.3, -0.25) is 4.79 Å². The average Bonchev–Trinajstić information content (AvgIpc) is 2.73. The molecule has 2 atom stereocenters. The number of piperidine rings is 1. The van der Waals surface area contributed by atoms with Gasteiger partial charge in [0.05, 0.1) is 0 Å². The van der Waals surface area contributed by atoms with E-state index in [0.717, 1.165) is 46.4 Å². The second-order valence-electron chi connectivity index (χ2n) is 10.9. The number of rotatable bonds is 5. The van der Waals surface area contributed by atoms with Crippen LogP contribution in [0.2, 0.25) is 5.02 Å². The zero-order valence-corrected chi connectivity index (χ0v) is 23.5. The molecular weight excluding hydrogens is 474 g/mol. The number of hydrogen-bond donors (Lipinski definition) is 0. The van der Waals surface area contributed by atoms with Crippen molar-refractivity contribution in [2.75, 3.05) is 20.1 Å². The van der Waals surface area contributed by atoms with Crippen molar-refractivity contribution in [2.24, 2.45) is 0 Å². The van der Waals surface area contributed by atoms with E-state index in [9.17, 15) is 9.59 Å². The molecule has 1 aliphatic heterocycles. The molecule has 0 bridgehead atoms. The number of likely N-dealkylation sites (tertiary alicyclic amines) is 1. The van der Waals surface area contributed by atoms with Gasteiger partial charge in [0.25, 0.3) is 0 Å². The van der Waals surface area contributed by atoms with Crippen LogP contribution < -0.4 is 0 Å². The highest BCUT2D eigenvalue weighted by atomic mass is 35.5. The molecule has 0 saturated carbocycles. The molecule has 2 aromatic rings. The first-order chi connectivity index (χ1) is 16.8. The summed E-state index contributed by atoms with van der Waals surface area (Å²) in [5, 5.41) is 0.616. The molecular formula is C30H38ClNO4. The Hall–Kier alpha value is -2.63. The fourth-order valence-electron chi connectivity index (χ4n) is 5.20. The van der Waals surface area contributed by atoms with Gasteiger partial charge in [-0.2, -0.15) is 0 Å². The molecule has 1 aliphatic rings. The molecule has 0 radical (unpaired) electrons. The molecule has 0 aliphatic carbocycles. The molecule has 0 spiro atoms. The van der Waals surface area contributed by atoms with Crippen LogP contribution in [-0.2, 0) is 9.47 Å². The molecule has 2 aromatic carbocycles. The third-order valence-electron chi connectivity index (χ3n) is 6.69. The molecule has 5 nitrogen and oxygen atoms in total. The summed E-state index contributed by atoms with van der Waals surface area (Å²) in [5.41, 5.74) is 5.77. The SMILES string of the molecule is C/C(=C\C(=O)c1c(C)cc(C)c([C@H]2CCN(C)C[C@H]2OC(=O)OC(C)(C)C)c1C)c1ccccc1Cl. The van der Waals surface area contributed by atoms with E-state index < -0.39 is 11.8 Å². The smallest absolute Gasteiger partial charge is 0.429 e. The Morgan fingerprint density at radius 2 is 1.78 bits per heavy atom. The van der Waals surface area contributed by atoms with E-state index in [4.69, 9.17) is 21.1 Å². The molecule has 6 heteroatoms. The van der Waals surface area contributed by atoms with Gasteiger partial charge in [-0.15, -0.1) is 0 Å². The Bertz CT molecular complexity index is 1180. The van der Waals surface area contributed by atoms with Crippen LogP contribution in [0.3, 0.4) is 0 Å². The summed E-state index contributed by atoms with van der Waals surface area (Å²) in [6.07, 6.45) is 1.45. The number of halogens is 1. The summed E-state index contributed by atoms with van der Waals surface area (Å²) in [5.74, 6) is -0.0873. The predicted molar refractivity (Wildman–Crippen MR) is 146 cm³/mol. The van der Waals surface area contributed by atoms with Crippen LogP contribution in [0.5, 0.6) is 0 Å². The number of ketones is 1. The highest BCUT2D eigenvalue weighted by molar-refractivity contribution is 6.32. The van der Waals surface area contributed by atoms with Gasteiger partial charge in [-0.1, -0.05) is 35.9 Å². The number of nitrogens with zero attached hydrogens (tertiary/aromatic N) is 1.